The minimum atomic E-state index is -0.540. The topological polar surface area (TPSA) is 73.6 Å². The van der Waals surface area contributed by atoms with Gasteiger partial charge in [-0.25, -0.2) is 0 Å². The second-order valence-electron chi connectivity index (χ2n) is 5.25. The molecule has 0 unspecified atom stereocenters. The number of rotatable bonds is 5. The molecule has 0 saturated heterocycles. The molecule has 0 spiro atoms. The summed E-state index contributed by atoms with van der Waals surface area (Å²) in [6, 6.07) is 14.6. The summed E-state index contributed by atoms with van der Waals surface area (Å²) in [5.74, 6) is 1.06. The van der Waals surface area contributed by atoms with Crippen LogP contribution in [0.2, 0.25) is 0 Å². The van der Waals surface area contributed by atoms with E-state index >= 15 is 0 Å². The quantitative estimate of drug-likeness (QED) is 0.888. The van der Waals surface area contributed by atoms with Gasteiger partial charge in [-0.05, 0) is 30.2 Å². The fourth-order valence-electron chi connectivity index (χ4n) is 2.52. The molecule has 0 fully saturated rings. The molecule has 2 aromatic rings. The fraction of sp³-hybridized carbons (Fsp3) is 0.235. The van der Waals surface area contributed by atoms with Gasteiger partial charge in [0.25, 0.3) is 0 Å². The molecule has 5 nitrogen and oxygen atoms in total. The summed E-state index contributed by atoms with van der Waals surface area (Å²) in [5, 5.41) is 3.27. The van der Waals surface area contributed by atoms with Crippen molar-refractivity contribution in [1.29, 1.82) is 0 Å². The summed E-state index contributed by atoms with van der Waals surface area (Å²) in [5.41, 5.74) is 7.39. The van der Waals surface area contributed by atoms with Crippen LogP contribution in [0.1, 0.15) is 30.1 Å². The molecule has 0 saturated carbocycles. The highest BCUT2D eigenvalue weighted by Gasteiger charge is 2.22. The van der Waals surface area contributed by atoms with Crippen LogP contribution in [0, 0.1) is 0 Å². The zero-order valence-electron chi connectivity index (χ0n) is 12.3. The lowest BCUT2D eigenvalue weighted by Gasteiger charge is -2.21. The van der Waals surface area contributed by atoms with Crippen LogP contribution in [0.3, 0.4) is 0 Å². The standard InChI is InChI=1S/C17H18N2O3/c1-11(13-7-8-14-15(9-13)22-10-21-14)19-16(17(18)20)12-5-3-2-4-6-12/h2-9,11,16,19H,10H2,1H3,(H2,18,20)/t11-,16-/m1/s1. The number of carbonyl (C=O) groups is 1. The number of fused-ring (bicyclic) bond motifs is 1. The zero-order valence-corrected chi connectivity index (χ0v) is 12.3. The van der Waals surface area contributed by atoms with Gasteiger partial charge in [-0.2, -0.15) is 0 Å². The van der Waals surface area contributed by atoms with Gasteiger partial charge in [-0.1, -0.05) is 36.4 Å². The molecule has 114 valence electrons. The third-order valence-corrected chi connectivity index (χ3v) is 3.73. The van der Waals surface area contributed by atoms with Crippen LogP contribution >= 0.6 is 0 Å². The van der Waals surface area contributed by atoms with E-state index in [1.165, 1.54) is 0 Å². The Morgan fingerprint density at radius 2 is 1.82 bits per heavy atom. The Morgan fingerprint density at radius 1 is 1.09 bits per heavy atom. The molecule has 3 N–H and O–H groups in total. The van der Waals surface area contributed by atoms with Crippen molar-refractivity contribution in [1.82, 2.24) is 5.32 Å². The average molecular weight is 298 g/mol. The van der Waals surface area contributed by atoms with E-state index in [2.05, 4.69) is 5.32 Å². The number of nitrogens with two attached hydrogens (primary N) is 1. The molecule has 0 aliphatic carbocycles. The number of nitrogens with one attached hydrogen (secondary N) is 1. The molecule has 0 radical (unpaired) electrons. The van der Waals surface area contributed by atoms with Crippen molar-refractivity contribution in [2.24, 2.45) is 5.73 Å². The van der Waals surface area contributed by atoms with E-state index in [0.717, 1.165) is 22.6 Å². The van der Waals surface area contributed by atoms with Gasteiger partial charge in [-0.3, -0.25) is 10.1 Å². The van der Waals surface area contributed by atoms with Crippen molar-refractivity contribution in [2.45, 2.75) is 19.0 Å². The van der Waals surface area contributed by atoms with Crippen molar-refractivity contribution in [3.05, 3.63) is 59.7 Å². The van der Waals surface area contributed by atoms with E-state index in [-0.39, 0.29) is 12.8 Å². The Balaban J connectivity index is 1.79. The van der Waals surface area contributed by atoms with Gasteiger partial charge in [0.15, 0.2) is 11.5 Å². The Morgan fingerprint density at radius 3 is 2.55 bits per heavy atom. The molecule has 1 amide bonds. The predicted molar refractivity (Wildman–Crippen MR) is 82.5 cm³/mol. The molecule has 1 aliphatic rings. The van der Waals surface area contributed by atoms with Crippen LogP contribution in [0.15, 0.2) is 48.5 Å². The van der Waals surface area contributed by atoms with Crippen LogP contribution in [-0.2, 0) is 4.79 Å². The first-order chi connectivity index (χ1) is 10.6. The largest absolute Gasteiger partial charge is 0.454 e. The van der Waals surface area contributed by atoms with Crippen LogP contribution < -0.4 is 20.5 Å². The summed E-state index contributed by atoms with van der Waals surface area (Å²) >= 11 is 0. The first-order valence-corrected chi connectivity index (χ1v) is 7.15. The third kappa shape index (κ3) is 2.89. The minimum Gasteiger partial charge on any atom is -0.454 e. The Labute approximate surface area is 129 Å². The number of primary amides is 1. The van der Waals surface area contributed by atoms with E-state index in [0.29, 0.717) is 0 Å². The second kappa shape index (κ2) is 6.07. The Hall–Kier alpha value is -2.53. The molecular formula is C17H18N2O3. The minimum absolute atomic E-state index is 0.0628. The van der Waals surface area contributed by atoms with E-state index in [4.69, 9.17) is 15.2 Å². The zero-order chi connectivity index (χ0) is 15.5. The summed E-state index contributed by atoms with van der Waals surface area (Å²) in [7, 11) is 0. The average Bonchev–Trinajstić information content (AvgIpc) is 3.00. The number of carbonyl (C=O) groups excluding carboxylic acids is 1. The fourth-order valence-corrected chi connectivity index (χ4v) is 2.52. The van der Waals surface area contributed by atoms with Gasteiger partial charge in [-0.15, -0.1) is 0 Å². The summed E-state index contributed by atoms with van der Waals surface area (Å²) in [6.07, 6.45) is 0. The smallest absolute Gasteiger partial charge is 0.239 e. The molecule has 0 bridgehead atoms. The Kier molecular flexibility index (Phi) is 3.98. The van der Waals surface area contributed by atoms with E-state index < -0.39 is 11.9 Å². The second-order valence-corrected chi connectivity index (χ2v) is 5.25. The number of amides is 1. The molecule has 2 aromatic carbocycles. The number of hydrogen-bond acceptors (Lipinski definition) is 4. The van der Waals surface area contributed by atoms with Gasteiger partial charge in [0.1, 0.15) is 6.04 Å². The van der Waals surface area contributed by atoms with Crippen molar-refractivity contribution < 1.29 is 14.3 Å². The maximum Gasteiger partial charge on any atom is 0.239 e. The molecule has 3 rings (SSSR count). The molecule has 1 aliphatic heterocycles. The van der Waals surface area contributed by atoms with Crippen molar-refractivity contribution in [3.8, 4) is 11.5 Å². The van der Waals surface area contributed by atoms with Crippen molar-refractivity contribution in [2.75, 3.05) is 6.79 Å². The lowest BCUT2D eigenvalue weighted by Crippen LogP contribution is -2.35. The van der Waals surface area contributed by atoms with Crippen molar-refractivity contribution >= 4 is 5.91 Å². The normalized spacial score (nSPS) is 15.3. The predicted octanol–water partition coefficient (Wildman–Crippen LogP) is 2.29. The monoisotopic (exact) mass is 298 g/mol. The van der Waals surface area contributed by atoms with Crippen LogP contribution in [0.4, 0.5) is 0 Å². The van der Waals surface area contributed by atoms with Crippen LogP contribution in [-0.4, -0.2) is 12.7 Å². The van der Waals surface area contributed by atoms with Gasteiger partial charge >= 0.3 is 0 Å². The highest BCUT2D eigenvalue weighted by Crippen LogP contribution is 2.34. The molecular weight excluding hydrogens is 280 g/mol. The lowest BCUT2D eigenvalue weighted by molar-refractivity contribution is -0.120. The van der Waals surface area contributed by atoms with Gasteiger partial charge in [0.2, 0.25) is 12.7 Å². The molecule has 5 heteroatoms. The summed E-state index contributed by atoms with van der Waals surface area (Å²) in [4.78, 5) is 11.8. The molecule has 1 heterocycles. The van der Waals surface area contributed by atoms with Gasteiger partial charge < -0.3 is 15.2 Å². The third-order valence-electron chi connectivity index (χ3n) is 3.73. The van der Waals surface area contributed by atoms with E-state index in [1.807, 2.05) is 55.5 Å². The number of ether oxygens (including phenoxy) is 2. The summed E-state index contributed by atoms with van der Waals surface area (Å²) < 4.78 is 10.7. The summed E-state index contributed by atoms with van der Waals surface area (Å²) in [6.45, 7) is 2.23. The van der Waals surface area contributed by atoms with Crippen LogP contribution in [0.5, 0.6) is 11.5 Å². The maximum atomic E-state index is 11.8. The first kappa shape index (κ1) is 14.4. The van der Waals surface area contributed by atoms with Gasteiger partial charge in [0, 0.05) is 6.04 Å². The number of benzene rings is 2. The lowest BCUT2D eigenvalue weighted by atomic mass is 10.0. The first-order valence-electron chi connectivity index (χ1n) is 7.15. The SMILES string of the molecule is C[C@@H](N[C@@H](C(N)=O)c1ccccc1)c1ccc2c(c1)OCO2. The van der Waals surface area contributed by atoms with Crippen molar-refractivity contribution in [3.63, 3.8) is 0 Å². The van der Waals surface area contributed by atoms with Crippen LogP contribution in [0.25, 0.3) is 0 Å². The molecule has 22 heavy (non-hydrogen) atoms. The maximum absolute atomic E-state index is 11.8. The van der Waals surface area contributed by atoms with Gasteiger partial charge in [0.05, 0.1) is 0 Å². The van der Waals surface area contributed by atoms with E-state index in [1.54, 1.807) is 0 Å². The molecule has 0 aromatic heterocycles. The highest BCUT2D eigenvalue weighted by atomic mass is 16.7. The highest BCUT2D eigenvalue weighted by molar-refractivity contribution is 5.81. The Bertz CT molecular complexity index is 673. The number of hydrogen-bond donors (Lipinski definition) is 2. The van der Waals surface area contributed by atoms with E-state index in [9.17, 15) is 4.79 Å². The molecule has 2 atom stereocenters.